The summed E-state index contributed by atoms with van der Waals surface area (Å²) < 4.78 is 0. The number of benzene rings is 1. The summed E-state index contributed by atoms with van der Waals surface area (Å²) in [6.45, 7) is 1.84. The van der Waals surface area contributed by atoms with Crippen LogP contribution in [0.25, 0.3) is 0 Å². The molecule has 1 aromatic carbocycles. The lowest BCUT2D eigenvalue weighted by Crippen LogP contribution is -2.28. The zero-order valence-electron chi connectivity index (χ0n) is 12.2. The first-order valence-electron chi connectivity index (χ1n) is 6.62. The molecule has 1 heterocycles. The first kappa shape index (κ1) is 17.7. The van der Waals surface area contributed by atoms with Crippen molar-refractivity contribution in [2.45, 2.75) is 18.1 Å². The third-order valence-corrected chi connectivity index (χ3v) is 4.29. The molecule has 1 unspecified atom stereocenters. The molecule has 122 valence electrons. The van der Waals surface area contributed by atoms with Crippen LogP contribution in [0.4, 0.5) is 11.6 Å². The molecular formula is C14H15Cl2N5OS. The van der Waals surface area contributed by atoms with Crippen LogP contribution in [0.3, 0.4) is 0 Å². The topological polar surface area (TPSA) is 107 Å². The molecule has 0 aliphatic heterocycles. The minimum Gasteiger partial charge on any atom is -0.383 e. The zero-order valence-corrected chi connectivity index (χ0v) is 14.5. The lowest BCUT2D eigenvalue weighted by molar-refractivity contribution is -0.119. The average Bonchev–Trinajstić information content (AvgIpc) is 2.44. The van der Waals surface area contributed by atoms with Crippen LogP contribution in [0.15, 0.2) is 29.4 Å². The number of nitrogens with zero attached hydrogens (tertiary/aromatic N) is 2. The maximum atomic E-state index is 12.0. The third kappa shape index (κ3) is 5.16. The van der Waals surface area contributed by atoms with Crippen LogP contribution in [-0.2, 0) is 4.79 Å². The first-order valence-corrected chi connectivity index (χ1v) is 8.36. The van der Waals surface area contributed by atoms with E-state index in [2.05, 4.69) is 15.3 Å². The number of anilines is 2. The van der Waals surface area contributed by atoms with Gasteiger partial charge in [0, 0.05) is 16.1 Å². The van der Waals surface area contributed by atoms with E-state index in [4.69, 9.17) is 34.7 Å². The van der Waals surface area contributed by atoms with E-state index in [1.165, 1.54) is 6.07 Å². The first-order chi connectivity index (χ1) is 10.8. The minimum atomic E-state index is -0.250. The summed E-state index contributed by atoms with van der Waals surface area (Å²) in [5.41, 5.74) is 12.0. The highest BCUT2D eigenvalue weighted by Gasteiger charge is 2.14. The summed E-state index contributed by atoms with van der Waals surface area (Å²) in [5.74, 6) is 0.486. The maximum Gasteiger partial charge on any atom is 0.230 e. The number of hydrogen-bond donors (Lipinski definition) is 3. The van der Waals surface area contributed by atoms with E-state index in [1.54, 1.807) is 18.2 Å². The number of amides is 1. The molecule has 0 aliphatic carbocycles. The van der Waals surface area contributed by atoms with Crippen molar-refractivity contribution in [3.8, 4) is 0 Å². The molecule has 0 saturated carbocycles. The summed E-state index contributed by atoms with van der Waals surface area (Å²) in [4.78, 5) is 20.0. The molecule has 2 aromatic rings. The Balaban J connectivity index is 1.93. The molecule has 0 aliphatic rings. The highest BCUT2D eigenvalue weighted by Crippen LogP contribution is 2.26. The largest absolute Gasteiger partial charge is 0.383 e. The van der Waals surface area contributed by atoms with Crippen LogP contribution in [-0.4, -0.2) is 21.6 Å². The Kier molecular flexibility index (Phi) is 5.92. The Morgan fingerprint density at radius 2 is 1.91 bits per heavy atom. The second kappa shape index (κ2) is 7.72. The average molecular weight is 372 g/mol. The number of carbonyl (C=O) groups is 1. The van der Waals surface area contributed by atoms with Gasteiger partial charge in [0.25, 0.3) is 0 Å². The second-order valence-corrected chi connectivity index (χ2v) is 6.53. The van der Waals surface area contributed by atoms with Gasteiger partial charge < -0.3 is 16.8 Å². The minimum absolute atomic E-state index is 0.137. The highest BCUT2D eigenvalue weighted by atomic mass is 35.5. The van der Waals surface area contributed by atoms with Crippen LogP contribution in [0.1, 0.15) is 18.5 Å². The van der Waals surface area contributed by atoms with Crippen LogP contribution in [0.2, 0.25) is 10.0 Å². The number of nitrogens with one attached hydrogen (secondary N) is 1. The van der Waals surface area contributed by atoms with Gasteiger partial charge in [-0.05, 0) is 24.6 Å². The van der Waals surface area contributed by atoms with Crippen molar-refractivity contribution in [2.75, 3.05) is 17.2 Å². The lowest BCUT2D eigenvalue weighted by atomic mass is 10.1. The van der Waals surface area contributed by atoms with Gasteiger partial charge in [-0.15, -0.1) is 0 Å². The summed E-state index contributed by atoms with van der Waals surface area (Å²) in [6.07, 6.45) is 0. The Bertz CT molecular complexity index is 708. The number of thioether (sulfide) groups is 1. The second-order valence-electron chi connectivity index (χ2n) is 4.74. The monoisotopic (exact) mass is 371 g/mol. The molecule has 0 spiro atoms. The van der Waals surface area contributed by atoms with E-state index in [1.807, 2.05) is 6.92 Å². The van der Waals surface area contributed by atoms with E-state index >= 15 is 0 Å². The number of aromatic nitrogens is 2. The van der Waals surface area contributed by atoms with Gasteiger partial charge in [0.1, 0.15) is 11.6 Å². The molecule has 0 radical (unpaired) electrons. The number of nitrogen functional groups attached to an aromatic ring is 2. The molecule has 2 rings (SSSR count). The van der Waals surface area contributed by atoms with Gasteiger partial charge in [0.15, 0.2) is 5.16 Å². The van der Waals surface area contributed by atoms with Crippen LogP contribution < -0.4 is 16.8 Å². The van der Waals surface area contributed by atoms with Crippen molar-refractivity contribution in [3.05, 3.63) is 39.9 Å². The van der Waals surface area contributed by atoms with E-state index in [-0.39, 0.29) is 29.3 Å². The smallest absolute Gasteiger partial charge is 0.230 e. The quantitative estimate of drug-likeness (QED) is 0.550. The molecule has 1 atom stereocenters. The fraction of sp³-hybridized carbons (Fsp3) is 0.214. The fourth-order valence-electron chi connectivity index (χ4n) is 1.87. The summed E-state index contributed by atoms with van der Waals surface area (Å²) in [7, 11) is 0. The molecule has 9 heteroatoms. The summed E-state index contributed by atoms with van der Waals surface area (Å²) in [6, 6.07) is 6.35. The van der Waals surface area contributed by atoms with E-state index in [0.717, 1.165) is 17.3 Å². The normalized spacial score (nSPS) is 12.0. The van der Waals surface area contributed by atoms with Crippen LogP contribution in [0.5, 0.6) is 0 Å². The van der Waals surface area contributed by atoms with Crippen molar-refractivity contribution in [1.29, 1.82) is 0 Å². The predicted molar refractivity (Wildman–Crippen MR) is 94.6 cm³/mol. The van der Waals surface area contributed by atoms with Crippen molar-refractivity contribution in [1.82, 2.24) is 15.3 Å². The lowest BCUT2D eigenvalue weighted by Gasteiger charge is -2.15. The predicted octanol–water partition coefficient (Wildman–Crippen LogP) is 2.92. The Morgan fingerprint density at radius 1 is 1.26 bits per heavy atom. The molecule has 6 nitrogen and oxygen atoms in total. The number of rotatable bonds is 5. The standard InChI is InChI=1S/C14H15Cl2N5OS/c1-7(9-3-2-8(15)4-10(9)16)19-13(22)6-23-14-20-11(17)5-12(18)21-14/h2-5,7H,6H2,1H3,(H,19,22)(H4,17,18,20,21). The molecule has 0 saturated heterocycles. The Hall–Kier alpha value is -1.70. The van der Waals surface area contributed by atoms with E-state index in [9.17, 15) is 4.79 Å². The summed E-state index contributed by atoms with van der Waals surface area (Å²) >= 11 is 13.1. The van der Waals surface area contributed by atoms with Gasteiger partial charge in [0.05, 0.1) is 11.8 Å². The number of nitrogens with two attached hydrogens (primary N) is 2. The fourth-order valence-corrected chi connectivity index (χ4v) is 3.13. The maximum absolute atomic E-state index is 12.0. The van der Waals surface area contributed by atoms with E-state index < -0.39 is 0 Å². The van der Waals surface area contributed by atoms with Crippen molar-refractivity contribution < 1.29 is 4.79 Å². The van der Waals surface area contributed by atoms with Gasteiger partial charge in [-0.25, -0.2) is 9.97 Å². The SMILES string of the molecule is CC(NC(=O)CSc1nc(N)cc(N)n1)c1ccc(Cl)cc1Cl. The zero-order chi connectivity index (χ0) is 17.0. The summed E-state index contributed by atoms with van der Waals surface area (Å²) in [5, 5.41) is 4.26. The van der Waals surface area contributed by atoms with Gasteiger partial charge in [-0.3, -0.25) is 4.79 Å². The number of halogens is 2. The molecule has 0 bridgehead atoms. The Morgan fingerprint density at radius 3 is 2.52 bits per heavy atom. The highest BCUT2D eigenvalue weighted by molar-refractivity contribution is 7.99. The van der Waals surface area contributed by atoms with Gasteiger partial charge in [-0.1, -0.05) is 41.0 Å². The van der Waals surface area contributed by atoms with Crippen LogP contribution >= 0.6 is 35.0 Å². The Labute approximate surface area is 148 Å². The van der Waals surface area contributed by atoms with Crippen molar-refractivity contribution in [3.63, 3.8) is 0 Å². The molecular weight excluding hydrogens is 357 g/mol. The number of carbonyl (C=O) groups excluding carboxylic acids is 1. The third-order valence-electron chi connectivity index (χ3n) is 2.88. The molecule has 1 amide bonds. The molecule has 0 fully saturated rings. The molecule has 5 N–H and O–H groups in total. The van der Waals surface area contributed by atoms with Crippen molar-refractivity contribution in [2.24, 2.45) is 0 Å². The van der Waals surface area contributed by atoms with Crippen molar-refractivity contribution >= 4 is 52.5 Å². The number of hydrogen-bond acceptors (Lipinski definition) is 6. The van der Waals surface area contributed by atoms with E-state index in [0.29, 0.717) is 15.2 Å². The molecule has 1 aromatic heterocycles. The van der Waals surface area contributed by atoms with Gasteiger partial charge >= 0.3 is 0 Å². The van der Waals surface area contributed by atoms with Gasteiger partial charge in [-0.2, -0.15) is 0 Å². The molecule has 23 heavy (non-hydrogen) atoms. The van der Waals surface area contributed by atoms with Gasteiger partial charge in [0.2, 0.25) is 5.91 Å². The van der Waals surface area contributed by atoms with Crippen LogP contribution in [0, 0.1) is 0 Å².